The van der Waals surface area contributed by atoms with Crippen LogP contribution in [0.3, 0.4) is 0 Å². The van der Waals surface area contributed by atoms with Crippen LogP contribution in [-0.4, -0.2) is 24.2 Å². The van der Waals surface area contributed by atoms with E-state index in [-0.39, 0.29) is 29.4 Å². The number of rotatable bonds is 8. The molecule has 4 rings (SSSR count). The van der Waals surface area contributed by atoms with E-state index in [1.165, 1.54) is 18.0 Å². The zero-order valence-electron chi connectivity index (χ0n) is 20.8. The van der Waals surface area contributed by atoms with Crippen molar-refractivity contribution in [1.82, 2.24) is 5.32 Å². The lowest BCUT2D eigenvalue weighted by Crippen LogP contribution is -2.29. The van der Waals surface area contributed by atoms with Gasteiger partial charge in [-0.2, -0.15) is 5.26 Å². The summed E-state index contributed by atoms with van der Waals surface area (Å²) in [6.45, 7) is 5.80. The van der Waals surface area contributed by atoms with Crippen LogP contribution in [0.4, 0.5) is 5.69 Å². The highest BCUT2D eigenvalue weighted by molar-refractivity contribution is 8.03. The minimum absolute atomic E-state index is 0.0585. The highest BCUT2D eigenvalue weighted by Crippen LogP contribution is 2.43. The molecular formula is C29H27N3O4S. The standard InChI is InChI=1S/C29H27N3O4S/c1-4-35-29(34)25-24(22-14-9-15-36-22)21(16-30)28(32-27(25)20-12-6-5-7-13-20)37-17-23(33)31-26-18(2)10-8-11-19(26)3/h5-15,24,32H,4,17H2,1-3H3,(H,31,33)/t24-/m0/s1. The van der Waals surface area contributed by atoms with Crippen LogP contribution in [0.25, 0.3) is 5.70 Å². The minimum Gasteiger partial charge on any atom is -0.468 e. The van der Waals surface area contributed by atoms with Crippen LogP contribution in [-0.2, 0) is 14.3 Å². The lowest BCUT2D eigenvalue weighted by atomic mass is 9.84. The molecular weight excluding hydrogens is 486 g/mol. The summed E-state index contributed by atoms with van der Waals surface area (Å²) in [6, 6.07) is 20.9. The SMILES string of the molecule is CCOC(=O)C1=C(c2ccccc2)NC(SCC(=O)Nc2c(C)cccc2C)=C(C#N)[C@H]1c1ccco1. The van der Waals surface area contributed by atoms with Gasteiger partial charge in [-0.1, -0.05) is 60.3 Å². The van der Waals surface area contributed by atoms with Crippen LogP contribution >= 0.6 is 11.8 Å². The van der Waals surface area contributed by atoms with Crippen molar-refractivity contribution in [3.05, 3.63) is 106 Å². The van der Waals surface area contributed by atoms with Crippen molar-refractivity contribution in [1.29, 1.82) is 5.26 Å². The first-order valence-corrected chi connectivity index (χ1v) is 12.8. The Morgan fingerprint density at radius 1 is 1.08 bits per heavy atom. The number of anilines is 1. The fourth-order valence-corrected chi connectivity index (χ4v) is 5.06. The quantitative estimate of drug-likeness (QED) is 0.374. The Morgan fingerprint density at radius 3 is 2.43 bits per heavy atom. The fourth-order valence-electron chi connectivity index (χ4n) is 4.22. The third kappa shape index (κ3) is 5.63. The molecule has 1 amide bonds. The molecule has 3 aromatic rings. The largest absolute Gasteiger partial charge is 0.468 e. The normalized spacial score (nSPS) is 15.1. The molecule has 8 heteroatoms. The second-order valence-corrected chi connectivity index (χ2v) is 9.39. The summed E-state index contributed by atoms with van der Waals surface area (Å²) in [4.78, 5) is 26.1. The minimum atomic E-state index is -0.792. The second kappa shape index (κ2) is 11.7. The number of furan rings is 1. The number of amides is 1. The molecule has 0 saturated carbocycles. The van der Waals surface area contributed by atoms with E-state index in [4.69, 9.17) is 9.15 Å². The van der Waals surface area contributed by atoms with Crippen molar-refractivity contribution < 1.29 is 18.7 Å². The molecule has 1 aromatic heterocycles. The molecule has 0 bridgehead atoms. The van der Waals surface area contributed by atoms with E-state index in [2.05, 4.69) is 16.7 Å². The third-order valence-corrected chi connectivity index (χ3v) is 6.95. The second-order valence-electron chi connectivity index (χ2n) is 8.41. The Labute approximate surface area is 220 Å². The number of nitriles is 1. The van der Waals surface area contributed by atoms with Crippen molar-refractivity contribution in [3.63, 3.8) is 0 Å². The molecule has 2 N–H and O–H groups in total. The molecule has 0 radical (unpaired) electrons. The van der Waals surface area contributed by atoms with Crippen LogP contribution in [0.15, 0.2) is 87.5 Å². The van der Waals surface area contributed by atoms with Gasteiger partial charge < -0.3 is 19.8 Å². The van der Waals surface area contributed by atoms with Gasteiger partial charge in [0.05, 0.1) is 52.5 Å². The lowest BCUT2D eigenvalue weighted by Gasteiger charge is -2.29. The predicted octanol–water partition coefficient (Wildman–Crippen LogP) is 5.66. The molecule has 1 aliphatic rings. The van der Waals surface area contributed by atoms with Crippen molar-refractivity contribution in [2.24, 2.45) is 0 Å². The lowest BCUT2D eigenvalue weighted by molar-refractivity contribution is -0.138. The summed E-state index contributed by atoms with van der Waals surface area (Å²) in [5.41, 5.74) is 4.54. The van der Waals surface area contributed by atoms with E-state index in [1.807, 2.05) is 62.4 Å². The molecule has 1 aliphatic heterocycles. The first-order chi connectivity index (χ1) is 17.9. The molecule has 188 valence electrons. The van der Waals surface area contributed by atoms with Gasteiger partial charge in [0.1, 0.15) is 5.76 Å². The average Bonchev–Trinajstić information content (AvgIpc) is 3.44. The number of allylic oxidation sites excluding steroid dienone is 1. The Balaban J connectivity index is 1.72. The molecule has 2 aromatic carbocycles. The van der Waals surface area contributed by atoms with E-state index in [1.54, 1.807) is 19.1 Å². The molecule has 0 saturated heterocycles. The first-order valence-electron chi connectivity index (χ1n) is 11.8. The maximum Gasteiger partial charge on any atom is 0.337 e. The topological polar surface area (TPSA) is 104 Å². The summed E-state index contributed by atoms with van der Waals surface area (Å²) < 4.78 is 11.1. The molecule has 37 heavy (non-hydrogen) atoms. The Kier molecular flexibility index (Phi) is 8.16. The number of hydrogen-bond donors (Lipinski definition) is 2. The van der Waals surface area contributed by atoms with E-state index in [9.17, 15) is 14.9 Å². The number of carbonyl (C=O) groups excluding carboxylic acids is 2. The maximum atomic E-state index is 13.2. The zero-order chi connectivity index (χ0) is 26.4. The van der Waals surface area contributed by atoms with Gasteiger partial charge >= 0.3 is 5.97 Å². The molecule has 2 heterocycles. The summed E-state index contributed by atoms with van der Waals surface area (Å²) in [6.07, 6.45) is 1.50. The van der Waals surface area contributed by atoms with Gasteiger partial charge in [0.25, 0.3) is 0 Å². The predicted molar refractivity (Wildman–Crippen MR) is 144 cm³/mol. The van der Waals surface area contributed by atoms with Crippen LogP contribution in [0, 0.1) is 25.2 Å². The average molecular weight is 514 g/mol. The monoisotopic (exact) mass is 513 g/mol. The van der Waals surface area contributed by atoms with Gasteiger partial charge in [0.2, 0.25) is 5.91 Å². The Morgan fingerprint density at radius 2 is 1.81 bits per heavy atom. The number of hydrogen-bond acceptors (Lipinski definition) is 7. The highest BCUT2D eigenvalue weighted by Gasteiger charge is 2.38. The summed E-state index contributed by atoms with van der Waals surface area (Å²) in [5.74, 6) is -1.04. The highest BCUT2D eigenvalue weighted by atomic mass is 32.2. The molecule has 0 spiro atoms. The van der Waals surface area contributed by atoms with Gasteiger partial charge in [0.15, 0.2) is 0 Å². The van der Waals surface area contributed by atoms with Gasteiger partial charge in [-0.3, -0.25) is 4.79 Å². The number of nitrogens with zero attached hydrogens (tertiary/aromatic N) is 1. The number of nitrogens with one attached hydrogen (secondary N) is 2. The van der Waals surface area contributed by atoms with Crippen LogP contribution in [0.2, 0.25) is 0 Å². The number of thioether (sulfide) groups is 1. The van der Waals surface area contributed by atoms with Crippen molar-refractivity contribution in [2.45, 2.75) is 26.7 Å². The smallest absolute Gasteiger partial charge is 0.337 e. The van der Waals surface area contributed by atoms with Crippen LogP contribution < -0.4 is 10.6 Å². The summed E-state index contributed by atoms with van der Waals surface area (Å²) in [5, 5.41) is 16.9. The van der Waals surface area contributed by atoms with Crippen LogP contribution in [0.1, 0.15) is 35.3 Å². The number of aryl methyl sites for hydroxylation is 2. The molecule has 0 unspecified atom stereocenters. The first kappa shape index (κ1) is 25.9. The Bertz CT molecular complexity index is 1380. The van der Waals surface area contributed by atoms with Gasteiger partial charge in [-0.25, -0.2) is 4.79 Å². The van der Waals surface area contributed by atoms with Crippen molar-refractivity contribution >= 4 is 35.0 Å². The Hall–Kier alpha value is -4.22. The summed E-state index contributed by atoms with van der Waals surface area (Å²) in [7, 11) is 0. The fraction of sp³-hybridized carbons (Fsp3) is 0.207. The molecule has 1 atom stereocenters. The summed E-state index contributed by atoms with van der Waals surface area (Å²) >= 11 is 1.20. The number of carbonyl (C=O) groups is 2. The van der Waals surface area contributed by atoms with Crippen LogP contribution in [0.5, 0.6) is 0 Å². The number of benzene rings is 2. The van der Waals surface area contributed by atoms with E-state index >= 15 is 0 Å². The van der Waals surface area contributed by atoms with Gasteiger partial charge in [-0.15, -0.1) is 0 Å². The van der Waals surface area contributed by atoms with E-state index in [0.717, 1.165) is 22.4 Å². The van der Waals surface area contributed by atoms with Crippen molar-refractivity contribution in [3.8, 4) is 6.07 Å². The van der Waals surface area contributed by atoms with E-state index < -0.39 is 11.9 Å². The van der Waals surface area contributed by atoms with Crippen molar-refractivity contribution in [2.75, 3.05) is 17.7 Å². The number of dihydropyridines is 1. The van der Waals surface area contributed by atoms with Gasteiger partial charge in [0, 0.05) is 5.69 Å². The number of para-hydroxylation sites is 1. The maximum absolute atomic E-state index is 13.2. The van der Waals surface area contributed by atoms with Gasteiger partial charge in [-0.05, 0) is 49.6 Å². The molecule has 0 fully saturated rings. The third-order valence-electron chi connectivity index (χ3n) is 5.93. The molecule has 0 aliphatic carbocycles. The van der Waals surface area contributed by atoms with E-state index in [0.29, 0.717) is 16.5 Å². The number of esters is 1. The zero-order valence-corrected chi connectivity index (χ0v) is 21.6. The number of ether oxygens (including phenoxy) is 1. The molecule has 7 nitrogen and oxygen atoms in total.